The SMILES string of the molecule is Cc1ccc(Nc2cc(-c3ccccc3)nn2-c2cc(C)ccc2C)c(C(=O)O)c1. The highest BCUT2D eigenvalue weighted by molar-refractivity contribution is 5.95. The standard InChI is InChI=1S/C25H23N3O2/c1-16-10-12-21(20(13-16)25(29)30)26-24-15-22(19-7-5-4-6-8-19)27-28(24)23-14-17(2)9-11-18(23)3/h4-15,26H,1-3H3,(H,29,30). The summed E-state index contributed by atoms with van der Waals surface area (Å²) in [5.41, 5.74) is 6.60. The molecule has 3 aromatic carbocycles. The molecule has 0 spiro atoms. The number of nitrogens with one attached hydrogen (secondary N) is 1. The van der Waals surface area contributed by atoms with Crippen LogP contribution in [0.3, 0.4) is 0 Å². The first-order valence-corrected chi connectivity index (χ1v) is 9.76. The van der Waals surface area contributed by atoms with Crippen LogP contribution in [0.5, 0.6) is 0 Å². The number of carbonyl (C=O) groups is 1. The number of anilines is 2. The molecule has 5 nitrogen and oxygen atoms in total. The lowest BCUT2D eigenvalue weighted by molar-refractivity contribution is 0.0698. The maximum Gasteiger partial charge on any atom is 0.337 e. The zero-order valence-electron chi connectivity index (χ0n) is 17.2. The minimum atomic E-state index is -0.970. The minimum Gasteiger partial charge on any atom is -0.478 e. The molecular formula is C25H23N3O2. The van der Waals surface area contributed by atoms with Crippen LogP contribution in [0, 0.1) is 20.8 Å². The Morgan fingerprint density at radius 1 is 0.900 bits per heavy atom. The van der Waals surface area contributed by atoms with Gasteiger partial charge in [-0.15, -0.1) is 0 Å². The third-order valence-electron chi connectivity index (χ3n) is 5.04. The Labute approximate surface area is 175 Å². The smallest absolute Gasteiger partial charge is 0.337 e. The first-order valence-electron chi connectivity index (χ1n) is 9.76. The van der Waals surface area contributed by atoms with Gasteiger partial charge in [-0.2, -0.15) is 5.10 Å². The second-order valence-corrected chi connectivity index (χ2v) is 7.46. The van der Waals surface area contributed by atoms with E-state index in [4.69, 9.17) is 5.10 Å². The second kappa shape index (κ2) is 7.87. The van der Waals surface area contributed by atoms with Crippen molar-refractivity contribution in [3.05, 3.63) is 95.1 Å². The number of hydrogen-bond donors (Lipinski definition) is 2. The number of aromatic nitrogens is 2. The lowest BCUT2D eigenvalue weighted by Crippen LogP contribution is -2.08. The summed E-state index contributed by atoms with van der Waals surface area (Å²) in [6, 6.07) is 23.4. The monoisotopic (exact) mass is 397 g/mol. The van der Waals surface area contributed by atoms with Crippen LogP contribution in [-0.4, -0.2) is 20.9 Å². The molecule has 4 rings (SSSR count). The molecular weight excluding hydrogens is 374 g/mol. The van der Waals surface area contributed by atoms with Crippen LogP contribution in [0.2, 0.25) is 0 Å². The van der Waals surface area contributed by atoms with Gasteiger partial charge in [0.2, 0.25) is 0 Å². The molecule has 0 saturated carbocycles. The van der Waals surface area contributed by atoms with E-state index in [-0.39, 0.29) is 5.56 Å². The quantitative estimate of drug-likeness (QED) is 0.439. The van der Waals surface area contributed by atoms with Crippen LogP contribution in [0.1, 0.15) is 27.0 Å². The summed E-state index contributed by atoms with van der Waals surface area (Å²) in [7, 11) is 0. The Kier molecular flexibility index (Phi) is 5.11. The van der Waals surface area contributed by atoms with Crippen molar-refractivity contribution >= 4 is 17.5 Å². The minimum absolute atomic E-state index is 0.227. The molecule has 4 aromatic rings. The van der Waals surface area contributed by atoms with Gasteiger partial charge in [-0.1, -0.05) is 54.1 Å². The van der Waals surface area contributed by atoms with Gasteiger partial charge >= 0.3 is 5.97 Å². The molecule has 0 amide bonds. The number of nitrogens with zero attached hydrogens (tertiary/aromatic N) is 2. The average molecular weight is 397 g/mol. The molecule has 0 atom stereocenters. The number of carboxylic acids is 1. The molecule has 0 bridgehead atoms. The molecule has 150 valence electrons. The fourth-order valence-corrected chi connectivity index (χ4v) is 3.43. The van der Waals surface area contributed by atoms with Crippen molar-refractivity contribution in [2.45, 2.75) is 20.8 Å². The van der Waals surface area contributed by atoms with E-state index in [1.54, 1.807) is 12.1 Å². The predicted molar refractivity (Wildman–Crippen MR) is 120 cm³/mol. The maximum absolute atomic E-state index is 11.8. The van der Waals surface area contributed by atoms with Gasteiger partial charge in [-0.25, -0.2) is 9.48 Å². The van der Waals surface area contributed by atoms with Crippen molar-refractivity contribution in [1.82, 2.24) is 9.78 Å². The van der Waals surface area contributed by atoms with E-state index < -0.39 is 5.97 Å². The maximum atomic E-state index is 11.8. The number of carboxylic acid groups (broad SMARTS) is 1. The molecule has 0 unspecified atom stereocenters. The fraction of sp³-hybridized carbons (Fsp3) is 0.120. The van der Waals surface area contributed by atoms with E-state index in [0.717, 1.165) is 33.6 Å². The van der Waals surface area contributed by atoms with Crippen LogP contribution >= 0.6 is 0 Å². The Balaban J connectivity index is 1.87. The summed E-state index contributed by atoms with van der Waals surface area (Å²) < 4.78 is 1.84. The van der Waals surface area contributed by atoms with Crippen molar-refractivity contribution in [2.24, 2.45) is 0 Å². The van der Waals surface area contributed by atoms with Crippen LogP contribution < -0.4 is 5.32 Å². The highest BCUT2D eigenvalue weighted by Gasteiger charge is 2.16. The summed E-state index contributed by atoms with van der Waals surface area (Å²) >= 11 is 0. The third kappa shape index (κ3) is 3.82. The van der Waals surface area contributed by atoms with Crippen molar-refractivity contribution in [3.8, 4) is 16.9 Å². The first-order chi connectivity index (χ1) is 14.4. The lowest BCUT2D eigenvalue weighted by atomic mass is 10.1. The molecule has 0 aliphatic heterocycles. The topological polar surface area (TPSA) is 67.2 Å². The van der Waals surface area contributed by atoms with Crippen molar-refractivity contribution < 1.29 is 9.90 Å². The normalized spacial score (nSPS) is 10.8. The van der Waals surface area contributed by atoms with Gasteiger partial charge < -0.3 is 10.4 Å². The Hall–Kier alpha value is -3.86. The zero-order chi connectivity index (χ0) is 21.3. The number of benzene rings is 3. The van der Waals surface area contributed by atoms with E-state index >= 15 is 0 Å². The van der Waals surface area contributed by atoms with Gasteiger partial charge in [0.15, 0.2) is 0 Å². The molecule has 2 N–H and O–H groups in total. The van der Waals surface area contributed by atoms with E-state index in [0.29, 0.717) is 11.5 Å². The molecule has 0 fully saturated rings. The van der Waals surface area contributed by atoms with E-state index in [1.807, 2.05) is 67.9 Å². The molecule has 0 aliphatic rings. The van der Waals surface area contributed by atoms with Crippen molar-refractivity contribution in [2.75, 3.05) is 5.32 Å². The van der Waals surface area contributed by atoms with Gasteiger partial charge in [-0.3, -0.25) is 0 Å². The highest BCUT2D eigenvalue weighted by Crippen LogP contribution is 2.30. The summed E-state index contributed by atoms with van der Waals surface area (Å²) in [6.45, 7) is 5.96. The van der Waals surface area contributed by atoms with Gasteiger partial charge in [-0.05, 0) is 50.1 Å². The molecule has 5 heteroatoms. The van der Waals surface area contributed by atoms with E-state index in [9.17, 15) is 9.90 Å². The Morgan fingerprint density at radius 3 is 2.33 bits per heavy atom. The number of aromatic carboxylic acids is 1. The first kappa shape index (κ1) is 19.5. The molecule has 0 saturated heterocycles. The Bertz CT molecular complexity index is 1230. The number of rotatable bonds is 5. The zero-order valence-corrected chi connectivity index (χ0v) is 17.2. The third-order valence-corrected chi connectivity index (χ3v) is 5.04. The lowest BCUT2D eigenvalue weighted by Gasteiger charge is -2.14. The molecule has 30 heavy (non-hydrogen) atoms. The fourth-order valence-electron chi connectivity index (χ4n) is 3.43. The second-order valence-electron chi connectivity index (χ2n) is 7.46. The summed E-state index contributed by atoms with van der Waals surface area (Å²) in [6.07, 6.45) is 0. The molecule has 1 heterocycles. The van der Waals surface area contributed by atoms with Gasteiger partial charge in [0.1, 0.15) is 5.82 Å². The van der Waals surface area contributed by atoms with Crippen LogP contribution in [0.4, 0.5) is 11.5 Å². The van der Waals surface area contributed by atoms with Crippen LogP contribution in [-0.2, 0) is 0 Å². The number of aryl methyl sites for hydroxylation is 3. The van der Waals surface area contributed by atoms with Crippen molar-refractivity contribution in [3.63, 3.8) is 0 Å². The van der Waals surface area contributed by atoms with Crippen LogP contribution in [0.15, 0.2) is 72.8 Å². The van der Waals surface area contributed by atoms with E-state index in [1.165, 1.54) is 0 Å². The van der Waals surface area contributed by atoms with Gasteiger partial charge in [0.25, 0.3) is 0 Å². The molecule has 0 radical (unpaired) electrons. The highest BCUT2D eigenvalue weighted by atomic mass is 16.4. The molecule has 0 aliphatic carbocycles. The average Bonchev–Trinajstić information content (AvgIpc) is 3.15. The molecule has 1 aromatic heterocycles. The Morgan fingerprint density at radius 2 is 1.60 bits per heavy atom. The summed E-state index contributed by atoms with van der Waals surface area (Å²) in [5, 5.41) is 17.8. The van der Waals surface area contributed by atoms with E-state index in [2.05, 4.69) is 23.5 Å². The van der Waals surface area contributed by atoms with Crippen molar-refractivity contribution in [1.29, 1.82) is 0 Å². The van der Waals surface area contributed by atoms with Gasteiger partial charge in [0.05, 0.1) is 22.6 Å². The van der Waals surface area contributed by atoms with Crippen LogP contribution in [0.25, 0.3) is 16.9 Å². The predicted octanol–water partition coefficient (Wildman–Crippen LogP) is 5.91. The van der Waals surface area contributed by atoms with Gasteiger partial charge in [0, 0.05) is 11.6 Å². The summed E-state index contributed by atoms with van der Waals surface area (Å²) in [4.78, 5) is 11.8. The largest absolute Gasteiger partial charge is 0.478 e. The summed E-state index contributed by atoms with van der Waals surface area (Å²) in [5.74, 6) is -0.267. The number of hydrogen-bond acceptors (Lipinski definition) is 3.